The van der Waals surface area contributed by atoms with Crippen molar-refractivity contribution in [3.63, 3.8) is 0 Å². The molecule has 1 aliphatic heterocycles. The molecule has 1 atom stereocenters. The van der Waals surface area contributed by atoms with Gasteiger partial charge >= 0.3 is 5.91 Å². The van der Waals surface area contributed by atoms with Crippen molar-refractivity contribution in [3.05, 3.63) is 81.8 Å². The summed E-state index contributed by atoms with van der Waals surface area (Å²) in [7, 11) is 0. The fourth-order valence-electron chi connectivity index (χ4n) is 3.58. The second-order valence-corrected chi connectivity index (χ2v) is 8.58. The van der Waals surface area contributed by atoms with Crippen LogP contribution in [-0.2, 0) is 9.59 Å². The number of aromatic nitrogens is 1. The molecule has 0 saturated carbocycles. The Hall–Kier alpha value is -3.16. The number of aliphatic hydroxyl groups excluding tert-OH is 1. The quantitative estimate of drug-likeness (QED) is 0.211. The van der Waals surface area contributed by atoms with Gasteiger partial charge in [0.2, 0.25) is 0 Å². The van der Waals surface area contributed by atoms with Gasteiger partial charge in [0.05, 0.1) is 18.2 Å². The number of aliphatic hydroxyl groups is 1. The van der Waals surface area contributed by atoms with Gasteiger partial charge in [0.25, 0.3) is 5.78 Å². The normalized spacial score (nSPS) is 17.7. The van der Waals surface area contributed by atoms with Crippen molar-refractivity contribution in [1.29, 1.82) is 0 Å². The van der Waals surface area contributed by atoms with Crippen LogP contribution in [0, 0.1) is 0 Å². The van der Waals surface area contributed by atoms with E-state index in [4.69, 9.17) is 16.3 Å². The highest BCUT2D eigenvalue weighted by Gasteiger charge is 2.48. The number of hydrogen-bond acceptors (Lipinski definition) is 6. The number of rotatable bonds is 7. The second-order valence-electron chi connectivity index (χ2n) is 7.27. The Morgan fingerprint density at radius 3 is 2.75 bits per heavy atom. The van der Waals surface area contributed by atoms with Crippen LogP contribution in [-0.4, -0.2) is 28.4 Å². The third-order valence-corrected chi connectivity index (χ3v) is 6.11. The molecule has 1 aliphatic rings. The van der Waals surface area contributed by atoms with E-state index in [0.717, 1.165) is 12.8 Å². The minimum Gasteiger partial charge on any atom is -0.507 e. The number of ketones is 1. The van der Waals surface area contributed by atoms with E-state index in [0.29, 0.717) is 33.6 Å². The van der Waals surface area contributed by atoms with E-state index in [-0.39, 0.29) is 11.3 Å². The first-order valence-corrected chi connectivity index (χ1v) is 11.5. The van der Waals surface area contributed by atoms with Crippen molar-refractivity contribution in [2.45, 2.75) is 25.8 Å². The lowest BCUT2D eigenvalue weighted by Gasteiger charge is -2.23. The van der Waals surface area contributed by atoms with Gasteiger partial charge in [-0.05, 0) is 36.2 Å². The molecule has 1 aromatic heterocycles. The van der Waals surface area contributed by atoms with Gasteiger partial charge in [0.15, 0.2) is 5.13 Å². The van der Waals surface area contributed by atoms with Crippen molar-refractivity contribution in [3.8, 4) is 5.75 Å². The zero-order chi connectivity index (χ0) is 22.7. The minimum absolute atomic E-state index is 0.0156. The Bertz CT molecular complexity index is 1180. The SMILES string of the molecule is CCCCOc1cccc(C(O)=C2C(=O)C(=O)N(c3nccs3)C2c2cccc(Cl)c2)c1. The number of anilines is 1. The molecule has 1 amide bonds. The van der Waals surface area contributed by atoms with Crippen LogP contribution < -0.4 is 9.64 Å². The smallest absolute Gasteiger partial charge is 0.301 e. The summed E-state index contributed by atoms with van der Waals surface area (Å²) in [4.78, 5) is 31.6. The molecule has 2 aromatic carbocycles. The van der Waals surface area contributed by atoms with Crippen LogP contribution >= 0.6 is 22.9 Å². The van der Waals surface area contributed by atoms with E-state index in [9.17, 15) is 14.7 Å². The summed E-state index contributed by atoms with van der Waals surface area (Å²) in [6, 6.07) is 12.9. The van der Waals surface area contributed by atoms with Crippen LogP contribution in [0.25, 0.3) is 5.76 Å². The molecule has 1 unspecified atom stereocenters. The predicted molar refractivity (Wildman–Crippen MR) is 125 cm³/mol. The van der Waals surface area contributed by atoms with Gasteiger partial charge in [-0.25, -0.2) is 4.98 Å². The topological polar surface area (TPSA) is 79.7 Å². The number of benzene rings is 2. The molecule has 1 N–H and O–H groups in total. The summed E-state index contributed by atoms with van der Waals surface area (Å²) < 4.78 is 5.73. The number of carbonyl (C=O) groups is 2. The summed E-state index contributed by atoms with van der Waals surface area (Å²) in [5.74, 6) is -1.22. The van der Waals surface area contributed by atoms with Crippen LogP contribution in [0.1, 0.15) is 36.9 Å². The molecule has 4 rings (SSSR count). The van der Waals surface area contributed by atoms with E-state index in [1.165, 1.54) is 16.2 Å². The van der Waals surface area contributed by atoms with Gasteiger partial charge in [-0.1, -0.05) is 49.2 Å². The van der Waals surface area contributed by atoms with Crippen molar-refractivity contribution in [1.82, 2.24) is 4.98 Å². The van der Waals surface area contributed by atoms with Crippen LogP contribution in [0.3, 0.4) is 0 Å². The maximum atomic E-state index is 13.1. The summed E-state index contributed by atoms with van der Waals surface area (Å²) in [6.45, 7) is 2.63. The maximum absolute atomic E-state index is 13.1. The standard InChI is InChI=1S/C24H21ClN2O4S/c1-2-3-11-31-18-9-5-7-16(14-18)21(28)19-20(15-6-4-8-17(25)13-15)27(23(30)22(19)29)24-26-10-12-32-24/h4-10,12-14,20,28H,2-3,11H2,1H3. The number of amides is 1. The molecule has 0 radical (unpaired) electrons. The second kappa shape index (κ2) is 9.54. The van der Waals surface area contributed by atoms with Crippen molar-refractivity contribution in [2.75, 3.05) is 11.5 Å². The zero-order valence-corrected chi connectivity index (χ0v) is 18.9. The maximum Gasteiger partial charge on any atom is 0.301 e. The van der Waals surface area contributed by atoms with Gasteiger partial charge in [0.1, 0.15) is 11.5 Å². The van der Waals surface area contributed by atoms with Gasteiger partial charge in [0, 0.05) is 22.2 Å². The number of halogens is 1. The van der Waals surface area contributed by atoms with Crippen molar-refractivity contribution >= 4 is 45.5 Å². The lowest BCUT2D eigenvalue weighted by atomic mass is 9.95. The molecule has 6 nitrogen and oxygen atoms in total. The van der Waals surface area contributed by atoms with Gasteiger partial charge in [-0.3, -0.25) is 14.5 Å². The van der Waals surface area contributed by atoms with Gasteiger partial charge < -0.3 is 9.84 Å². The lowest BCUT2D eigenvalue weighted by Crippen LogP contribution is -2.29. The average Bonchev–Trinajstić information content (AvgIpc) is 3.41. The van der Waals surface area contributed by atoms with Crippen LogP contribution in [0.5, 0.6) is 5.75 Å². The lowest BCUT2D eigenvalue weighted by molar-refractivity contribution is -0.132. The fourth-order valence-corrected chi connectivity index (χ4v) is 4.45. The summed E-state index contributed by atoms with van der Waals surface area (Å²) >= 11 is 7.43. The van der Waals surface area contributed by atoms with Crippen LogP contribution in [0.15, 0.2) is 65.7 Å². The number of Topliss-reactive ketones (excluding diaryl/α,β-unsaturated/α-hetero) is 1. The first-order valence-electron chi connectivity index (χ1n) is 10.2. The monoisotopic (exact) mass is 468 g/mol. The van der Waals surface area contributed by atoms with Crippen molar-refractivity contribution in [2.24, 2.45) is 0 Å². The summed E-state index contributed by atoms with van der Waals surface area (Å²) in [6.07, 6.45) is 3.47. The number of nitrogens with zero attached hydrogens (tertiary/aromatic N) is 2. The fraction of sp³-hybridized carbons (Fsp3) is 0.208. The van der Waals surface area contributed by atoms with Gasteiger partial charge in [-0.15, -0.1) is 11.3 Å². The van der Waals surface area contributed by atoms with E-state index in [1.54, 1.807) is 60.1 Å². The third kappa shape index (κ3) is 4.26. The Morgan fingerprint density at radius 1 is 1.22 bits per heavy atom. The first-order chi connectivity index (χ1) is 15.5. The molecule has 0 aliphatic carbocycles. The molecule has 8 heteroatoms. The molecule has 164 valence electrons. The zero-order valence-electron chi connectivity index (χ0n) is 17.3. The molecular formula is C24H21ClN2O4S. The van der Waals surface area contributed by atoms with Crippen molar-refractivity contribution < 1.29 is 19.4 Å². The Morgan fingerprint density at radius 2 is 2.03 bits per heavy atom. The molecule has 32 heavy (non-hydrogen) atoms. The third-order valence-electron chi connectivity index (χ3n) is 5.11. The summed E-state index contributed by atoms with van der Waals surface area (Å²) in [5, 5.41) is 13.7. The molecule has 1 fully saturated rings. The van der Waals surface area contributed by atoms with Gasteiger partial charge in [-0.2, -0.15) is 0 Å². The molecular weight excluding hydrogens is 448 g/mol. The van der Waals surface area contributed by atoms with E-state index >= 15 is 0 Å². The van der Waals surface area contributed by atoms with Crippen LogP contribution in [0.2, 0.25) is 5.02 Å². The number of hydrogen-bond donors (Lipinski definition) is 1. The number of unbranched alkanes of at least 4 members (excludes halogenated alkanes) is 1. The highest BCUT2D eigenvalue weighted by Crippen LogP contribution is 2.43. The molecule has 2 heterocycles. The van der Waals surface area contributed by atoms with E-state index < -0.39 is 17.7 Å². The minimum atomic E-state index is -0.857. The van der Waals surface area contributed by atoms with E-state index in [1.807, 2.05) is 0 Å². The molecule has 0 bridgehead atoms. The molecule has 1 saturated heterocycles. The Kier molecular flexibility index (Phi) is 6.58. The van der Waals surface area contributed by atoms with Crippen LogP contribution in [0.4, 0.5) is 5.13 Å². The molecule has 0 spiro atoms. The number of ether oxygens (including phenoxy) is 1. The summed E-state index contributed by atoms with van der Waals surface area (Å²) in [5.41, 5.74) is 0.977. The highest BCUT2D eigenvalue weighted by atomic mass is 35.5. The molecule has 3 aromatic rings. The Balaban J connectivity index is 1.83. The number of carbonyl (C=O) groups excluding carboxylic acids is 2. The van der Waals surface area contributed by atoms with E-state index in [2.05, 4.69) is 11.9 Å². The largest absolute Gasteiger partial charge is 0.507 e. The average molecular weight is 469 g/mol. The number of thiazole rings is 1. The first kappa shape index (κ1) is 22.0. The Labute approximate surface area is 194 Å². The predicted octanol–water partition coefficient (Wildman–Crippen LogP) is 5.60. The highest BCUT2D eigenvalue weighted by molar-refractivity contribution is 7.14.